The van der Waals surface area contributed by atoms with Crippen LogP contribution in [-0.4, -0.2) is 46.7 Å². The number of aryl methyl sites for hydroxylation is 1. The van der Waals surface area contributed by atoms with Gasteiger partial charge >= 0.3 is 18.2 Å². The molecule has 2 amide bonds. The average Bonchev–Trinajstić information content (AvgIpc) is 3.07. The van der Waals surface area contributed by atoms with E-state index < -0.39 is 29.8 Å². The Morgan fingerprint density at radius 2 is 1.84 bits per heavy atom. The van der Waals surface area contributed by atoms with Crippen LogP contribution in [0.3, 0.4) is 0 Å². The number of nitrogens with one attached hydrogen (secondary N) is 2. The van der Waals surface area contributed by atoms with Crippen LogP contribution in [0.1, 0.15) is 32.0 Å². The van der Waals surface area contributed by atoms with Crippen LogP contribution in [0, 0.1) is 0 Å². The lowest BCUT2D eigenvalue weighted by atomic mass is 10.2. The van der Waals surface area contributed by atoms with Crippen LogP contribution in [0.15, 0.2) is 42.6 Å². The van der Waals surface area contributed by atoms with Crippen molar-refractivity contribution in [3.8, 4) is 0 Å². The predicted octanol–water partition coefficient (Wildman–Crippen LogP) is 3.25. The number of hydrogen-bond acceptors (Lipinski definition) is 7. The number of hydrogen-bond donors (Lipinski definition) is 2. The second kappa shape index (κ2) is 11.0. The molecule has 10 nitrogen and oxygen atoms in total. The molecule has 0 unspecified atom stereocenters. The van der Waals surface area contributed by atoms with Gasteiger partial charge in [0.2, 0.25) is 0 Å². The smallest absolute Gasteiger partial charge is 0.412 e. The number of ether oxygens (including phenoxy) is 3. The maximum atomic E-state index is 12.2. The van der Waals surface area contributed by atoms with Gasteiger partial charge in [0.1, 0.15) is 18.2 Å². The SMILES string of the molecule is COC(=O)[C@H](/C=C/c1c(NC(=O)OC(C)(C)C)cnn1C)NC(=O)OCc1ccccc1. The summed E-state index contributed by atoms with van der Waals surface area (Å²) in [6.45, 7) is 5.30. The molecule has 0 saturated carbocycles. The van der Waals surface area contributed by atoms with Crippen molar-refractivity contribution in [2.75, 3.05) is 12.4 Å². The van der Waals surface area contributed by atoms with Crippen molar-refractivity contribution in [3.63, 3.8) is 0 Å². The van der Waals surface area contributed by atoms with E-state index in [4.69, 9.17) is 14.2 Å². The minimum absolute atomic E-state index is 0.0516. The van der Waals surface area contributed by atoms with Crippen molar-refractivity contribution in [3.05, 3.63) is 53.9 Å². The van der Waals surface area contributed by atoms with Crippen LogP contribution in [0.5, 0.6) is 0 Å². The van der Waals surface area contributed by atoms with Crippen LogP contribution in [0.4, 0.5) is 15.3 Å². The zero-order chi connectivity index (χ0) is 23.7. The molecule has 2 N–H and O–H groups in total. The number of esters is 1. The quantitative estimate of drug-likeness (QED) is 0.497. The van der Waals surface area contributed by atoms with Gasteiger partial charge < -0.3 is 19.5 Å². The highest BCUT2D eigenvalue weighted by Gasteiger charge is 2.21. The van der Waals surface area contributed by atoms with E-state index in [1.54, 1.807) is 27.8 Å². The van der Waals surface area contributed by atoms with Gasteiger partial charge in [-0.3, -0.25) is 10.00 Å². The number of alkyl carbamates (subject to hydrolysis) is 1. The summed E-state index contributed by atoms with van der Waals surface area (Å²) in [7, 11) is 2.87. The summed E-state index contributed by atoms with van der Waals surface area (Å²) in [4.78, 5) is 36.4. The summed E-state index contributed by atoms with van der Waals surface area (Å²) in [6, 6.07) is 8.01. The first kappa shape index (κ1) is 24.4. The van der Waals surface area contributed by atoms with E-state index in [-0.39, 0.29) is 6.61 Å². The van der Waals surface area contributed by atoms with Crippen molar-refractivity contribution >= 4 is 29.9 Å². The largest absolute Gasteiger partial charge is 0.467 e. The number of amides is 2. The van der Waals surface area contributed by atoms with E-state index in [0.29, 0.717) is 11.4 Å². The number of rotatable bonds is 7. The first-order valence-electron chi connectivity index (χ1n) is 9.84. The highest BCUT2D eigenvalue weighted by molar-refractivity contribution is 5.88. The molecule has 2 aromatic rings. The third-order valence-electron chi connectivity index (χ3n) is 4.01. The maximum absolute atomic E-state index is 12.2. The molecular weight excluding hydrogens is 416 g/mol. The predicted molar refractivity (Wildman–Crippen MR) is 118 cm³/mol. The number of nitrogens with zero attached hydrogens (tertiary/aromatic N) is 2. The second-order valence-corrected chi connectivity index (χ2v) is 7.76. The van der Waals surface area contributed by atoms with Gasteiger partial charge in [-0.1, -0.05) is 30.3 Å². The minimum atomic E-state index is -1.12. The lowest BCUT2D eigenvalue weighted by molar-refractivity contribution is -0.141. The molecule has 0 aliphatic carbocycles. The molecule has 0 bridgehead atoms. The molecule has 0 aliphatic rings. The van der Waals surface area contributed by atoms with Crippen LogP contribution < -0.4 is 10.6 Å². The Bertz CT molecular complexity index is 963. The number of aromatic nitrogens is 2. The summed E-state index contributed by atoms with van der Waals surface area (Å²) in [5.41, 5.74) is 0.987. The monoisotopic (exact) mass is 444 g/mol. The van der Waals surface area contributed by atoms with E-state index in [1.165, 1.54) is 30.1 Å². The van der Waals surface area contributed by atoms with E-state index >= 15 is 0 Å². The maximum Gasteiger partial charge on any atom is 0.412 e. The molecule has 0 aliphatic heterocycles. The van der Waals surface area contributed by atoms with Crippen LogP contribution in [0.25, 0.3) is 6.08 Å². The number of benzene rings is 1. The first-order chi connectivity index (χ1) is 15.1. The molecule has 10 heteroatoms. The van der Waals surface area contributed by atoms with E-state index in [0.717, 1.165) is 5.56 Å². The van der Waals surface area contributed by atoms with Gasteiger partial charge in [0.15, 0.2) is 0 Å². The van der Waals surface area contributed by atoms with E-state index in [9.17, 15) is 14.4 Å². The third-order valence-corrected chi connectivity index (χ3v) is 4.01. The van der Waals surface area contributed by atoms with Gasteiger partial charge in [-0.2, -0.15) is 5.10 Å². The second-order valence-electron chi connectivity index (χ2n) is 7.76. The Balaban J connectivity index is 2.08. The van der Waals surface area contributed by atoms with Gasteiger partial charge in [-0.15, -0.1) is 0 Å². The lowest BCUT2D eigenvalue weighted by Crippen LogP contribution is -2.40. The molecule has 0 spiro atoms. The van der Waals surface area contributed by atoms with Crippen LogP contribution in [-0.2, 0) is 32.7 Å². The van der Waals surface area contributed by atoms with Crippen molar-refractivity contribution in [1.82, 2.24) is 15.1 Å². The van der Waals surface area contributed by atoms with Crippen molar-refractivity contribution in [2.24, 2.45) is 7.05 Å². The number of carbonyl (C=O) groups excluding carboxylic acids is 3. The zero-order valence-electron chi connectivity index (χ0n) is 18.7. The van der Waals surface area contributed by atoms with Gasteiger partial charge in [-0.05, 0) is 38.5 Å². The van der Waals surface area contributed by atoms with Crippen molar-refractivity contribution < 1.29 is 28.6 Å². The normalized spacial score (nSPS) is 12.2. The molecular formula is C22H28N4O6. The number of anilines is 1. The van der Waals surface area contributed by atoms with Gasteiger partial charge in [0.05, 0.1) is 24.7 Å². The molecule has 0 fully saturated rings. The average molecular weight is 444 g/mol. The summed E-state index contributed by atoms with van der Waals surface area (Å²) in [5, 5.41) is 9.16. The van der Waals surface area contributed by atoms with Gasteiger partial charge in [0, 0.05) is 7.05 Å². The lowest BCUT2D eigenvalue weighted by Gasteiger charge is -2.19. The molecule has 1 aromatic carbocycles. The highest BCUT2D eigenvalue weighted by atomic mass is 16.6. The summed E-state index contributed by atoms with van der Waals surface area (Å²) in [6.07, 6.45) is 2.95. The summed E-state index contributed by atoms with van der Waals surface area (Å²) < 4.78 is 16.6. The fourth-order valence-electron chi connectivity index (χ4n) is 2.55. The standard InChI is InChI=1S/C22H28N4O6/c1-22(2,3)32-21(29)25-17-13-23-26(4)18(17)12-11-16(19(27)30-5)24-20(28)31-14-15-9-7-6-8-10-15/h6-13,16H,14H2,1-5H3,(H,24,28)(H,25,29)/b12-11+/t16-/m0/s1. The molecule has 0 saturated heterocycles. The molecule has 32 heavy (non-hydrogen) atoms. The van der Waals surface area contributed by atoms with E-state index in [2.05, 4.69) is 15.7 Å². The molecule has 172 valence electrons. The van der Waals surface area contributed by atoms with Crippen molar-refractivity contribution in [1.29, 1.82) is 0 Å². The van der Waals surface area contributed by atoms with Crippen molar-refractivity contribution in [2.45, 2.75) is 39.0 Å². The third kappa shape index (κ3) is 7.78. The fourth-order valence-corrected chi connectivity index (χ4v) is 2.55. The zero-order valence-corrected chi connectivity index (χ0v) is 18.7. The molecule has 0 radical (unpaired) electrons. The molecule has 1 atom stereocenters. The number of carbonyl (C=O) groups is 3. The topological polar surface area (TPSA) is 121 Å². The Hall–Kier alpha value is -3.82. The van der Waals surface area contributed by atoms with Gasteiger partial charge in [-0.25, -0.2) is 14.4 Å². The van der Waals surface area contributed by atoms with E-state index in [1.807, 2.05) is 30.3 Å². The molecule has 1 heterocycles. The molecule has 1 aromatic heterocycles. The number of methoxy groups -OCH3 is 1. The molecule has 2 rings (SSSR count). The Morgan fingerprint density at radius 1 is 1.16 bits per heavy atom. The van der Waals surface area contributed by atoms with Crippen LogP contribution in [0.2, 0.25) is 0 Å². The van der Waals surface area contributed by atoms with Gasteiger partial charge in [0.25, 0.3) is 0 Å². The highest BCUT2D eigenvalue weighted by Crippen LogP contribution is 2.18. The Kier molecular flexibility index (Phi) is 8.39. The minimum Gasteiger partial charge on any atom is -0.467 e. The fraction of sp³-hybridized carbons (Fsp3) is 0.364. The summed E-state index contributed by atoms with van der Waals surface area (Å²) >= 11 is 0. The van der Waals surface area contributed by atoms with Crippen LogP contribution >= 0.6 is 0 Å². The Labute approximate surface area is 186 Å². The first-order valence-corrected chi connectivity index (χ1v) is 9.84. The summed E-state index contributed by atoms with van der Waals surface area (Å²) in [5.74, 6) is -0.693. The Morgan fingerprint density at radius 3 is 2.47 bits per heavy atom.